The second kappa shape index (κ2) is 6.13. The molecule has 1 fully saturated rings. The fourth-order valence-electron chi connectivity index (χ4n) is 1.87. The van der Waals surface area contributed by atoms with Crippen LogP contribution < -0.4 is 15.8 Å². The lowest BCUT2D eigenvalue weighted by atomic mass is 10.2. The van der Waals surface area contributed by atoms with Crippen LogP contribution in [0.3, 0.4) is 0 Å². The van der Waals surface area contributed by atoms with Gasteiger partial charge in [0.25, 0.3) is 0 Å². The van der Waals surface area contributed by atoms with Crippen LogP contribution in [0.5, 0.6) is 0 Å². The maximum Gasteiger partial charge on any atom is 0.242 e. The molecular weight excluding hydrogens is 298 g/mol. The number of carbonyl (C=O) groups is 1. The van der Waals surface area contributed by atoms with Crippen molar-refractivity contribution in [3.63, 3.8) is 0 Å². The van der Waals surface area contributed by atoms with Crippen LogP contribution in [-0.4, -0.2) is 38.4 Å². The van der Waals surface area contributed by atoms with E-state index in [0.29, 0.717) is 11.4 Å². The fourth-order valence-corrected chi connectivity index (χ4v) is 3.34. The largest absolute Gasteiger partial charge is 0.324 e. The van der Waals surface area contributed by atoms with Crippen molar-refractivity contribution in [2.24, 2.45) is 5.14 Å². The van der Waals surface area contributed by atoms with E-state index in [1.165, 1.54) is 12.1 Å². The number of anilines is 1. The van der Waals surface area contributed by atoms with Crippen LogP contribution in [0.2, 0.25) is 0 Å². The molecule has 1 aliphatic heterocycles. The summed E-state index contributed by atoms with van der Waals surface area (Å²) in [6.07, 6.45) is 0. The molecule has 0 aromatic heterocycles. The quantitative estimate of drug-likeness (QED) is 0.744. The number of amides is 1. The van der Waals surface area contributed by atoms with Gasteiger partial charge < -0.3 is 10.6 Å². The van der Waals surface area contributed by atoms with Gasteiger partial charge in [0.2, 0.25) is 15.9 Å². The molecule has 20 heavy (non-hydrogen) atoms. The minimum absolute atomic E-state index is 0.00983. The predicted octanol–water partition coefficient (Wildman–Crippen LogP) is 0.286. The third-order valence-corrected chi connectivity index (χ3v) is 5.01. The highest BCUT2D eigenvalue weighted by atomic mass is 32.2. The molecule has 0 bridgehead atoms. The van der Waals surface area contributed by atoms with Gasteiger partial charge in [-0.05, 0) is 24.6 Å². The van der Waals surface area contributed by atoms with Crippen molar-refractivity contribution in [3.05, 3.63) is 23.8 Å². The Balaban J connectivity index is 2.18. The van der Waals surface area contributed by atoms with Gasteiger partial charge >= 0.3 is 0 Å². The molecule has 1 amide bonds. The lowest BCUT2D eigenvalue weighted by molar-refractivity contribution is -0.117. The number of primary sulfonamides is 1. The van der Waals surface area contributed by atoms with Gasteiger partial charge in [0.15, 0.2) is 0 Å². The van der Waals surface area contributed by atoms with Crippen molar-refractivity contribution < 1.29 is 13.2 Å². The van der Waals surface area contributed by atoms with E-state index >= 15 is 0 Å². The topological polar surface area (TPSA) is 101 Å². The predicted molar refractivity (Wildman–Crippen MR) is 80.3 cm³/mol. The van der Waals surface area contributed by atoms with Gasteiger partial charge in [0, 0.05) is 23.7 Å². The molecule has 2 rings (SSSR count). The van der Waals surface area contributed by atoms with E-state index in [1.54, 1.807) is 24.8 Å². The van der Waals surface area contributed by atoms with Gasteiger partial charge in [-0.1, -0.05) is 6.07 Å². The van der Waals surface area contributed by atoms with Gasteiger partial charge in [-0.25, -0.2) is 13.6 Å². The Labute approximate surface area is 122 Å². The van der Waals surface area contributed by atoms with Crippen molar-refractivity contribution in [2.45, 2.75) is 17.9 Å². The van der Waals surface area contributed by atoms with Crippen molar-refractivity contribution >= 4 is 33.4 Å². The molecule has 0 spiro atoms. The lowest BCUT2D eigenvalue weighted by Crippen LogP contribution is -2.46. The first-order chi connectivity index (χ1) is 9.38. The van der Waals surface area contributed by atoms with Gasteiger partial charge in [0.1, 0.15) is 0 Å². The molecule has 1 heterocycles. The molecule has 1 unspecified atom stereocenters. The maximum absolute atomic E-state index is 12.1. The van der Waals surface area contributed by atoms with Crippen LogP contribution in [0.25, 0.3) is 0 Å². The van der Waals surface area contributed by atoms with Crippen molar-refractivity contribution in [1.82, 2.24) is 5.32 Å². The van der Waals surface area contributed by atoms with E-state index in [0.717, 1.165) is 17.9 Å². The molecule has 1 aliphatic rings. The molecule has 8 heteroatoms. The Bertz CT molecular complexity index is 610. The zero-order valence-electron chi connectivity index (χ0n) is 11.0. The lowest BCUT2D eigenvalue weighted by Gasteiger charge is -2.22. The summed E-state index contributed by atoms with van der Waals surface area (Å²) >= 11 is 1.71. The molecule has 0 aliphatic carbocycles. The molecular formula is C12H17N3O3S2. The normalized spacial score (nSPS) is 19.6. The molecule has 1 aromatic rings. The van der Waals surface area contributed by atoms with E-state index in [9.17, 15) is 13.2 Å². The Morgan fingerprint density at radius 2 is 2.25 bits per heavy atom. The number of hydrogen-bond donors (Lipinski definition) is 3. The van der Waals surface area contributed by atoms with Gasteiger partial charge in [-0.15, -0.1) is 0 Å². The third kappa shape index (κ3) is 3.72. The highest BCUT2D eigenvalue weighted by Crippen LogP contribution is 2.20. The number of nitrogens with two attached hydrogens (primary N) is 1. The molecule has 1 saturated heterocycles. The van der Waals surface area contributed by atoms with Gasteiger partial charge in [0.05, 0.1) is 10.9 Å². The summed E-state index contributed by atoms with van der Waals surface area (Å²) in [6.45, 7) is 2.59. The summed E-state index contributed by atoms with van der Waals surface area (Å²) in [5.41, 5.74) is 1.26. The SMILES string of the molecule is Cc1ccc(S(N)(=O)=O)cc1NC(=O)C1CSCCN1. The van der Waals surface area contributed by atoms with Crippen LogP contribution in [0.15, 0.2) is 23.1 Å². The number of nitrogens with one attached hydrogen (secondary N) is 2. The van der Waals surface area contributed by atoms with E-state index in [1.807, 2.05) is 0 Å². The molecule has 6 nitrogen and oxygen atoms in total. The number of carbonyl (C=O) groups excluding carboxylic acids is 1. The Morgan fingerprint density at radius 1 is 1.50 bits per heavy atom. The Kier molecular flexibility index (Phi) is 4.69. The molecule has 1 atom stereocenters. The monoisotopic (exact) mass is 315 g/mol. The van der Waals surface area contributed by atoms with Crippen molar-refractivity contribution in [3.8, 4) is 0 Å². The summed E-state index contributed by atoms with van der Waals surface area (Å²) in [6, 6.07) is 4.18. The van der Waals surface area contributed by atoms with E-state index in [2.05, 4.69) is 10.6 Å². The third-order valence-electron chi connectivity index (χ3n) is 3.03. The molecule has 4 N–H and O–H groups in total. The smallest absolute Gasteiger partial charge is 0.242 e. The average Bonchev–Trinajstić information content (AvgIpc) is 2.41. The molecule has 110 valence electrons. The first-order valence-electron chi connectivity index (χ1n) is 6.13. The van der Waals surface area contributed by atoms with Crippen LogP contribution in [-0.2, 0) is 14.8 Å². The van der Waals surface area contributed by atoms with Crippen LogP contribution in [0.1, 0.15) is 5.56 Å². The van der Waals surface area contributed by atoms with E-state index in [-0.39, 0.29) is 16.8 Å². The molecule has 1 aromatic carbocycles. The number of hydrogen-bond acceptors (Lipinski definition) is 5. The number of aryl methyl sites for hydroxylation is 1. The second-order valence-corrected chi connectivity index (χ2v) is 7.30. The minimum Gasteiger partial charge on any atom is -0.324 e. The van der Waals surface area contributed by atoms with Gasteiger partial charge in [-0.2, -0.15) is 11.8 Å². The summed E-state index contributed by atoms with van der Waals surface area (Å²) in [7, 11) is -3.77. The second-order valence-electron chi connectivity index (χ2n) is 4.59. The number of rotatable bonds is 3. The highest BCUT2D eigenvalue weighted by Gasteiger charge is 2.21. The summed E-state index contributed by atoms with van der Waals surface area (Å²) in [5, 5.41) is 11.0. The number of sulfonamides is 1. The fraction of sp³-hybridized carbons (Fsp3) is 0.417. The maximum atomic E-state index is 12.1. The van der Waals surface area contributed by atoms with Crippen LogP contribution in [0, 0.1) is 6.92 Å². The Hall–Kier alpha value is -1.09. The van der Waals surface area contributed by atoms with Crippen LogP contribution in [0.4, 0.5) is 5.69 Å². The van der Waals surface area contributed by atoms with Crippen molar-refractivity contribution in [1.29, 1.82) is 0 Å². The first-order valence-corrected chi connectivity index (χ1v) is 8.83. The van der Waals surface area contributed by atoms with Crippen LogP contribution >= 0.6 is 11.8 Å². The summed E-state index contributed by atoms with van der Waals surface area (Å²) < 4.78 is 22.7. The first kappa shape index (κ1) is 15.3. The molecule has 0 radical (unpaired) electrons. The summed E-state index contributed by atoms with van der Waals surface area (Å²) in [4.78, 5) is 12.1. The number of thioether (sulfide) groups is 1. The summed E-state index contributed by atoms with van der Waals surface area (Å²) in [5.74, 6) is 1.54. The average molecular weight is 315 g/mol. The van der Waals surface area contributed by atoms with Crippen molar-refractivity contribution in [2.75, 3.05) is 23.4 Å². The zero-order valence-corrected chi connectivity index (χ0v) is 12.7. The highest BCUT2D eigenvalue weighted by molar-refractivity contribution is 7.99. The number of benzene rings is 1. The standard InChI is InChI=1S/C12H17N3O3S2/c1-8-2-3-9(20(13,17)18)6-10(8)15-12(16)11-7-19-5-4-14-11/h2-3,6,11,14H,4-5,7H2,1H3,(H,15,16)(H2,13,17,18). The minimum atomic E-state index is -3.77. The van der Waals surface area contributed by atoms with Gasteiger partial charge in [-0.3, -0.25) is 4.79 Å². The Morgan fingerprint density at radius 3 is 2.85 bits per heavy atom. The zero-order chi connectivity index (χ0) is 14.8. The van der Waals surface area contributed by atoms with E-state index in [4.69, 9.17) is 5.14 Å². The van der Waals surface area contributed by atoms with E-state index < -0.39 is 10.0 Å². The molecule has 0 saturated carbocycles.